The first-order valence-electron chi connectivity index (χ1n) is 14.4. The second-order valence-electron chi connectivity index (χ2n) is 11.0. The number of urea groups is 1. The third kappa shape index (κ3) is 11.8. The minimum atomic E-state index is -0.567. The van der Waals surface area contributed by atoms with E-state index in [4.69, 9.17) is 19.2 Å². The quantitative estimate of drug-likeness (QED) is 0.190. The lowest BCUT2D eigenvalue weighted by atomic mass is 10.1. The largest absolute Gasteiger partial charge is 0.444 e. The van der Waals surface area contributed by atoms with Crippen molar-refractivity contribution in [3.63, 3.8) is 0 Å². The topological polar surface area (TPSA) is 142 Å². The van der Waals surface area contributed by atoms with Crippen LogP contribution in [0.15, 0.2) is 59.5 Å². The number of hydrogen-bond acceptors (Lipinski definition) is 8. The standard InChI is InChI=1S/C32H42N6O5/c1-22(2)18-38(13-7-12-33)19-28(20-41-23(3)4)43-32(40)35-16-25-8-6-9-26(15-25)36-31(39)37-27-10-11-29(24(5)14-27)30-17-34-21-42-30/h6,8-11,14-15,17,21-23,28H,7,13,16,18-20H2,1-5H3,(H,35,40)(H2,36,37,39). The zero-order valence-corrected chi connectivity index (χ0v) is 25.6. The van der Waals surface area contributed by atoms with E-state index in [0.717, 1.165) is 23.2 Å². The lowest BCUT2D eigenvalue weighted by Gasteiger charge is -2.28. The number of rotatable bonds is 15. The van der Waals surface area contributed by atoms with Crippen molar-refractivity contribution in [2.24, 2.45) is 5.92 Å². The van der Waals surface area contributed by atoms with E-state index in [0.29, 0.717) is 42.6 Å². The lowest BCUT2D eigenvalue weighted by Crippen LogP contribution is -2.42. The Labute approximate surface area is 253 Å². The van der Waals surface area contributed by atoms with Gasteiger partial charge in [0.15, 0.2) is 12.2 Å². The molecule has 1 aromatic heterocycles. The first kappa shape index (κ1) is 33.1. The number of nitriles is 1. The zero-order chi connectivity index (χ0) is 31.2. The first-order chi connectivity index (χ1) is 20.6. The molecule has 0 aliphatic carbocycles. The van der Waals surface area contributed by atoms with Gasteiger partial charge in [0.05, 0.1) is 25.0 Å². The maximum Gasteiger partial charge on any atom is 0.407 e. The van der Waals surface area contributed by atoms with Gasteiger partial charge in [0.1, 0.15) is 6.10 Å². The van der Waals surface area contributed by atoms with E-state index >= 15 is 0 Å². The third-order valence-electron chi connectivity index (χ3n) is 6.32. The average molecular weight is 591 g/mol. The Morgan fingerprint density at radius 3 is 2.49 bits per heavy atom. The number of amides is 3. The summed E-state index contributed by atoms with van der Waals surface area (Å²) in [5.41, 5.74) is 3.82. The SMILES string of the molecule is Cc1cc(NC(=O)Nc2cccc(CNC(=O)OC(COC(C)C)CN(CCC#N)CC(C)C)c2)ccc1-c1cnco1. The molecule has 3 amide bonds. The zero-order valence-electron chi connectivity index (χ0n) is 25.6. The molecule has 11 nitrogen and oxygen atoms in total. The van der Waals surface area contributed by atoms with E-state index in [1.807, 2.05) is 39.0 Å². The Kier molecular flexibility index (Phi) is 13.0. The molecular formula is C32H42N6O5. The van der Waals surface area contributed by atoms with E-state index in [9.17, 15) is 9.59 Å². The van der Waals surface area contributed by atoms with Crippen LogP contribution in [0.4, 0.5) is 21.0 Å². The molecule has 0 aliphatic rings. The molecule has 3 rings (SSSR count). The summed E-state index contributed by atoms with van der Waals surface area (Å²) in [6, 6.07) is 14.5. The maximum atomic E-state index is 12.7. The van der Waals surface area contributed by atoms with Gasteiger partial charge in [-0.1, -0.05) is 26.0 Å². The maximum absolute atomic E-state index is 12.7. The highest BCUT2D eigenvalue weighted by Crippen LogP contribution is 2.25. The van der Waals surface area contributed by atoms with E-state index < -0.39 is 18.2 Å². The molecule has 1 unspecified atom stereocenters. The van der Waals surface area contributed by atoms with Crippen LogP contribution in [0.25, 0.3) is 11.3 Å². The Balaban J connectivity index is 1.53. The van der Waals surface area contributed by atoms with Gasteiger partial charge in [0.25, 0.3) is 0 Å². The molecule has 1 heterocycles. The fourth-order valence-electron chi connectivity index (χ4n) is 4.48. The highest BCUT2D eigenvalue weighted by molar-refractivity contribution is 6.00. The number of ether oxygens (including phenoxy) is 2. The van der Waals surface area contributed by atoms with Crippen LogP contribution in [0.3, 0.4) is 0 Å². The van der Waals surface area contributed by atoms with Gasteiger partial charge in [-0.25, -0.2) is 14.6 Å². The van der Waals surface area contributed by atoms with Crippen LogP contribution in [-0.4, -0.2) is 60.5 Å². The Hall–Kier alpha value is -4.40. The summed E-state index contributed by atoms with van der Waals surface area (Å²) in [7, 11) is 0. The molecule has 0 saturated heterocycles. The number of nitrogens with one attached hydrogen (secondary N) is 3. The Morgan fingerprint density at radius 1 is 1.07 bits per heavy atom. The minimum absolute atomic E-state index is 0.0121. The monoisotopic (exact) mass is 590 g/mol. The van der Waals surface area contributed by atoms with Crippen LogP contribution >= 0.6 is 0 Å². The molecule has 0 aliphatic heterocycles. The lowest BCUT2D eigenvalue weighted by molar-refractivity contribution is -0.0189. The molecule has 3 N–H and O–H groups in total. The van der Waals surface area contributed by atoms with Gasteiger partial charge in [-0.3, -0.25) is 4.90 Å². The minimum Gasteiger partial charge on any atom is -0.444 e. The summed E-state index contributed by atoms with van der Waals surface area (Å²) in [6.45, 7) is 12.3. The average Bonchev–Trinajstić information content (AvgIpc) is 3.48. The summed E-state index contributed by atoms with van der Waals surface area (Å²) in [5, 5.41) is 17.5. The molecule has 11 heteroatoms. The van der Waals surface area contributed by atoms with Crippen LogP contribution in [0, 0.1) is 24.2 Å². The summed E-state index contributed by atoms with van der Waals surface area (Å²) in [6.07, 6.45) is 2.34. The van der Waals surface area contributed by atoms with Crippen molar-refractivity contribution in [2.75, 3.05) is 36.9 Å². The molecule has 1 atom stereocenters. The van der Waals surface area contributed by atoms with Gasteiger partial charge in [0.2, 0.25) is 0 Å². The van der Waals surface area contributed by atoms with Crippen molar-refractivity contribution in [3.05, 3.63) is 66.2 Å². The van der Waals surface area contributed by atoms with Crippen LogP contribution in [-0.2, 0) is 16.0 Å². The second-order valence-corrected chi connectivity index (χ2v) is 11.0. The van der Waals surface area contributed by atoms with Crippen molar-refractivity contribution in [1.29, 1.82) is 5.26 Å². The predicted molar refractivity (Wildman–Crippen MR) is 165 cm³/mol. The van der Waals surface area contributed by atoms with Crippen molar-refractivity contribution in [3.8, 4) is 17.4 Å². The summed E-state index contributed by atoms with van der Waals surface area (Å²) in [5.74, 6) is 1.06. The van der Waals surface area contributed by atoms with Crippen LogP contribution in [0.1, 0.15) is 45.2 Å². The summed E-state index contributed by atoms with van der Waals surface area (Å²) in [4.78, 5) is 31.5. The molecule has 43 heavy (non-hydrogen) atoms. The van der Waals surface area contributed by atoms with E-state index in [-0.39, 0.29) is 19.3 Å². The highest BCUT2D eigenvalue weighted by atomic mass is 16.6. The van der Waals surface area contributed by atoms with Crippen molar-refractivity contribution >= 4 is 23.5 Å². The number of oxazole rings is 1. The molecule has 0 bridgehead atoms. The smallest absolute Gasteiger partial charge is 0.407 e. The van der Waals surface area contributed by atoms with E-state index in [1.54, 1.807) is 30.5 Å². The summed E-state index contributed by atoms with van der Waals surface area (Å²) < 4.78 is 16.8. The number of alkyl carbamates (subject to hydrolysis) is 1. The second kappa shape index (κ2) is 16.9. The van der Waals surface area contributed by atoms with Gasteiger partial charge in [-0.05, 0) is 68.1 Å². The Bertz CT molecular complexity index is 1350. The predicted octanol–water partition coefficient (Wildman–Crippen LogP) is 6.19. The van der Waals surface area contributed by atoms with Crippen LogP contribution in [0.2, 0.25) is 0 Å². The fraction of sp³-hybridized carbons (Fsp3) is 0.438. The van der Waals surface area contributed by atoms with Crippen molar-refractivity contribution in [1.82, 2.24) is 15.2 Å². The highest BCUT2D eigenvalue weighted by Gasteiger charge is 2.20. The molecule has 0 saturated carbocycles. The number of aromatic nitrogens is 1. The third-order valence-corrected chi connectivity index (χ3v) is 6.32. The molecule has 2 aromatic carbocycles. The Morgan fingerprint density at radius 2 is 1.84 bits per heavy atom. The van der Waals surface area contributed by atoms with Gasteiger partial charge < -0.3 is 29.8 Å². The molecular weight excluding hydrogens is 548 g/mol. The number of carbonyl (C=O) groups excluding carboxylic acids is 2. The van der Waals surface area contributed by atoms with Crippen LogP contribution in [0.5, 0.6) is 0 Å². The number of hydrogen-bond donors (Lipinski definition) is 3. The van der Waals surface area contributed by atoms with Crippen molar-refractivity contribution < 1.29 is 23.5 Å². The van der Waals surface area contributed by atoms with Gasteiger partial charge in [-0.15, -0.1) is 0 Å². The fourth-order valence-corrected chi connectivity index (χ4v) is 4.48. The molecule has 230 valence electrons. The van der Waals surface area contributed by atoms with Crippen LogP contribution < -0.4 is 16.0 Å². The number of carbonyl (C=O) groups is 2. The number of aryl methyl sites for hydroxylation is 1. The molecule has 3 aromatic rings. The number of nitrogens with zero attached hydrogens (tertiary/aromatic N) is 3. The van der Waals surface area contributed by atoms with Gasteiger partial charge in [-0.2, -0.15) is 5.26 Å². The van der Waals surface area contributed by atoms with E-state index in [2.05, 4.69) is 45.8 Å². The van der Waals surface area contributed by atoms with Gasteiger partial charge >= 0.3 is 12.1 Å². The molecule has 0 spiro atoms. The normalized spacial score (nSPS) is 11.8. The van der Waals surface area contributed by atoms with Gasteiger partial charge in [0, 0.05) is 49.5 Å². The molecule has 0 radical (unpaired) electrons. The van der Waals surface area contributed by atoms with E-state index in [1.165, 1.54) is 6.39 Å². The van der Waals surface area contributed by atoms with Crippen molar-refractivity contribution in [2.45, 2.75) is 59.8 Å². The first-order valence-corrected chi connectivity index (χ1v) is 14.4. The molecule has 0 fully saturated rings. The number of anilines is 2. The number of benzene rings is 2. The summed E-state index contributed by atoms with van der Waals surface area (Å²) >= 11 is 0.